The molecule has 6 heteroatoms. The number of carbonyl (C=O) groups excluding carboxylic acids is 3. The summed E-state index contributed by atoms with van der Waals surface area (Å²) in [6.07, 6.45) is 78.8. The highest BCUT2D eigenvalue weighted by atomic mass is 16.6. The van der Waals surface area contributed by atoms with Crippen LogP contribution in [0, 0.1) is 0 Å². The molecule has 0 amide bonds. The quantitative estimate of drug-likeness (QED) is 0.0262. The van der Waals surface area contributed by atoms with Crippen LogP contribution in [-0.2, 0) is 28.6 Å². The third-order valence-corrected chi connectivity index (χ3v) is 11.1. The summed E-state index contributed by atoms with van der Waals surface area (Å²) in [4.78, 5) is 38.0. The van der Waals surface area contributed by atoms with E-state index in [1.54, 1.807) is 0 Å². The fourth-order valence-electron chi connectivity index (χ4n) is 6.92. The molecule has 69 heavy (non-hydrogen) atoms. The largest absolute Gasteiger partial charge is 0.462 e. The van der Waals surface area contributed by atoms with Crippen LogP contribution in [0.15, 0.2) is 134 Å². The van der Waals surface area contributed by atoms with Gasteiger partial charge < -0.3 is 14.2 Å². The topological polar surface area (TPSA) is 78.9 Å². The van der Waals surface area contributed by atoms with Crippen molar-refractivity contribution in [3.63, 3.8) is 0 Å². The van der Waals surface area contributed by atoms with Crippen LogP contribution in [0.4, 0.5) is 0 Å². The lowest BCUT2D eigenvalue weighted by atomic mass is 10.1. The zero-order valence-electron chi connectivity index (χ0n) is 44.3. The van der Waals surface area contributed by atoms with E-state index < -0.39 is 6.10 Å². The fourth-order valence-corrected chi connectivity index (χ4v) is 6.92. The molecule has 0 aliphatic heterocycles. The van der Waals surface area contributed by atoms with E-state index in [-0.39, 0.29) is 50.4 Å². The van der Waals surface area contributed by atoms with Gasteiger partial charge in [0.1, 0.15) is 13.2 Å². The van der Waals surface area contributed by atoms with Crippen LogP contribution < -0.4 is 0 Å². The Hall–Kier alpha value is -4.45. The van der Waals surface area contributed by atoms with E-state index in [1.165, 1.54) is 96.3 Å². The molecule has 0 aromatic heterocycles. The Morgan fingerprint density at radius 1 is 0.290 bits per heavy atom. The van der Waals surface area contributed by atoms with Gasteiger partial charge in [-0.3, -0.25) is 14.4 Å². The number of hydrogen-bond acceptors (Lipinski definition) is 6. The van der Waals surface area contributed by atoms with Gasteiger partial charge in [-0.1, -0.05) is 212 Å². The van der Waals surface area contributed by atoms with Crippen LogP contribution in [0.25, 0.3) is 0 Å². The van der Waals surface area contributed by atoms with Gasteiger partial charge in [-0.25, -0.2) is 0 Å². The van der Waals surface area contributed by atoms with Gasteiger partial charge in [0, 0.05) is 19.3 Å². The minimum atomic E-state index is -0.853. The molecule has 0 bridgehead atoms. The molecule has 0 aliphatic rings. The maximum absolute atomic E-state index is 12.8. The molecule has 0 unspecified atom stereocenters. The summed E-state index contributed by atoms with van der Waals surface area (Å²) < 4.78 is 16.7. The number of allylic oxidation sites excluding steroid dienone is 22. The Labute approximate surface area is 424 Å². The smallest absolute Gasteiger partial charge is 0.306 e. The SMILES string of the molecule is CCCCC/C=C\C/C=C\C/C=C\C/C=C\C/C=C\CCC(=O)OC[C@H](COC(=O)CCC/C=C\C/C=C\C/C=C\CCCCCCCC)OC(=O)CCCC/C=C\C/C=C\C/C=C\CCCCC. The standard InChI is InChI=1S/C63H100O6/c1-4-7-10-13-16-19-22-25-28-30-31-33-36-38-41-44-47-50-53-56-62(65)68-59-60(69-63(66)57-54-51-48-45-42-39-34-27-24-21-18-15-12-9-6-3)58-67-61(64)55-52-49-46-43-40-37-35-32-29-26-23-20-17-14-11-8-5-2/h16,18-19,21,25-29,31,33-35,37-38,41-43,45-47,50,60H,4-15,17,20,22-24,30,32,36,39-40,44,48-49,51-59H2,1-3H3/b19-16-,21-18-,28-25-,29-26-,33-31-,34-27-,37-35-,41-38-,45-42-,46-43-,50-47-/t60-/m0/s1. The van der Waals surface area contributed by atoms with Gasteiger partial charge >= 0.3 is 17.9 Å². The third-order valence-electron chi connectivity index (χ3n) is 11.1. The summed E-state index contributed by atoms with van der Waals surface area (Å²) in [5.74, 6) is -1.13. The molecule has 0 fully saturated rings. The van der Waals surface area contributed by atoms with Crippen molar-refractivity contribution in [2.45, 2.75) is 232 Å². The summed E-state index contributed by atoms with van der Waals surface area (Å²) in [5, 5.41) is 0. The Morgan fingerprint density at radius 2 is 0.565 bits per heavy atom. The maximum Gasteiger partial charge on any atom is 0.306 e. The van der Waals surface area contributed by atoms with Gasteiger partial charge in [-0.2, -0.15) is 0 Å². The van der Waals surface area contributed by atoms with Crippen LogP contribution in [0.2, 0.25) is 0 Å². The minimum Gasteiger partial charge on any atom is -0.462 e. The van der Waals surface area contributed by atoms with Crippen LogP contribution >= 0.6 is 0 Å². The van der Waals surface area contributed by atoms with Crippen LogP contribution in [0.5, 0.6) is 0 Å². The molecule has 0 N–H and O–H groups in total. The van der Waals surface area contributed by atoms with Gasteiger partial charge in [0.15, 0.2) is 6.10 Å². The van der Waals surface area contributed by atoms with Gasteiger partial charge in [-0.15, -0.1) is 0 Å². The lowest BCUT2D eigenvalue weighted by Crippen LogP contribution is -2.30. The van der Waals surface area contributed by atoms with Crippen LogP contribution in [0.1, 0.15) is 226 Å². The van der Waals surface area contributed by atoms with Gasteiger partial charge in [0.2, 0.25) is 0 Å². The van der Waals surface area contributed by atoms with Crippen LogP contribution in [0.3, 0.4) is 0 Å². The highest BCUT2D eigenvalue weighted by Gasteiger charge is 2.19. The number of ether oxygens (including phenoxy) is 3. The molecule has 0 heterocycles. The van der Waals surface area contributed by atoms with Crippen molar-refractivity contribution in [3.05, 3.63) is 134 Å². The van der Waals surface area contributed by atoms with E-state index in [4.69, 9.17) is 14.2 Å². The number of rotatable bonds is 48. The number of hydrogen-bond donors (Lipinski definition) is 0. The van der Waals surface area contributed by atoms with Crippen molar-refractivity contribution in [3.8, 4) is 0 Å². The van der Waals surface area contributed by atoms with Crippen molar-refractivity contribution in [1.82, 2.24) is 0 Å². The molecule has 0 spiro atoms. The highest BCUT2D eigenvalue weighted by Crippen LogP contribution is 2.10. The van der Waals surface area contributed by atoms with Gasteiger partial charge in [0.05, 0.1) is 0 Å². The molecular weight excluding hydrogens is 853 g/mol. The molecule has 0 saturated heterocycles. The van der Waals surface area contributed by atoms with E-state index in [2.05, 4.69) is 142 Å². The summed E-state index contributed by atoms with van der Waals surface area (Å²) in [6.45, 7) is 6.42. The summed E-state index contributed by atoms with van der Waals surface area (Å²) in [5.41, 5.74) is 0. The molecule has 0 aromatic carbocycles. The van der Waals surface area contributed by atoms with Crippen molar-refractivity contribution in [2.75, 3.05) is 13.2 Å². The molecule has 1 atom stereocenters. The lowest BCUT2D eigenvalue weighted by molar-refractivity contribution is -0.166. The summed E-state index contributed by atoms with van der Waals surface area (Å²) in [6, 6.07) is 0. The van der Waals surface area contributed by atoms with E-state index in [0.29, 0.717) is 19.3 Å². The Kier molecular flexibility index (Phi) is 52.5. The second kappa shape index (κ2) is 56.1. The second-order valence-corrected chi connectivity index (χ2v) is 17.8. The monoisotopic (exact) mass is 953 g/mol. The number of esters is 3. The second-order valence-electron chi connectivity index (χ2n) is 17.8. The average Bonchev–Trinajstić information content (AvgIpc) is 3.35. The van der Waals surface area contributed by atoms with E-state index in [1.807, 2.05) is 12.2 Å². The number of unbranched alkanes of at least 4 members (excludes halogenated alkanes) is 15. The fraction of sp³-hybridized carbons (Fsp3) is 0.603. The van der Waals surface area contributed by atoms with E-state index in [0.717, 1.165) is 70.6 Å². The van der Waals surface area contributed by atoms with Crippen molar-refractivity contribution < 1.29 is 28.6 Å². The lowest BCUT2D eigenvalue weighted by Gasteiger charge is -2.18. The first-order chi connectivity index (χ1) is 34.0. The van der Waals surface area contributed by atoms with Crippen LogP contribution in [-0.4, -0.2) is 37.2 Å². The Bertz CT molecular complexity index is 1510. The summed E-state index contributed by atoms with van der Waals surface area (Å²) >= 11 is 0. The Morgan fingerprint density at radius 3 is 0.971 bits per heavy atom. The summed E-state index contributed by atoms with van der Waals surface area (Å²) in [7, 11) is 0. The first-order valence-electron chi connectivity index (χ1n) is 27.7. The van der Waals surface area contributed by atoms with Crippen molar-refractivity contribution in [2.24, 2.45) is 0 Å². The molecular formula is C63H100O6. The van der Waals surface area contributed by atoms with Gasteiger partial charge in [0.25, 0.3) is 0 Å². The molecule has 388 valence electrons. The maximum atomic E-state index is 12.8. The predicted octanol–water partition coefficient (Wildman–Crippen LogP) is 18.6. The predicted molar refractivity (Wildman–Crippen MR) is 297 cm³/mol. The molecule has 0 aliphatic carbocycles. The molecule has 0 aromatic rings. The average molecular weight is 953 g/mol. The first kappa shape index (κ1) is 64.5. The van der Waals surface area contributed by atoms with Crippen molar-refractivity contribution >= 4 is 17.9 Å². The Balaban J connectivity index is 4.65. The zero-order valence-corrected chi connectivity index (χ0v) is 44.3. The van der Waals surface area contributed by atoms with E-state index >= 15 is 0 Å². The minimum absolute atomic E-state index is 0.147. The van der Waals surface area contributed by atoms with Gasteiger partial charge in [-0.05, 0) is 128 Å². The third kappa shape index (κ3) is 54.4. The zero-order chi connectivity index (χ0) is 50.0. The first-order valence-corrected chi connectivity index (χ1v) is 27.7. The molecule has 0 saturated carbocycles. The molecule has 6 nitrogen and oxygen atoms in total. The highest BCUT2D eigenvalue weighted by molar-refractivity contribution is 5.71. The number of carbonyl (C=O) groups is 3. The normalized spacial score (nSPS) is 13.1. The molecule has 0 radical (unpaired) electrons. The van der Waals surface area contributed by atoms with Crippen molar-refractivity contribution in [1.29, 1.82) is 0 Å². The molecule has 0 rings (SSSR count). The van der Waals surface area contributed by atoms with E-state index in [9.17, 15) is 14.4 Å².